The first kappa shape index (κ1) is 32.5. The average Bonchev–Trinajstić information content (AvgIpc) is 3.98. The molecule has 0 amide bonds. The number of fused-ring (bicyclic) bond motifs is 9. The summed E-state index contributed by atoms with van der Waals surface area (Å²) >= 11 is 0. The molecule has 274 valence electrons. The highest BCUT2D eigenvalue weighted by molar-refractivity contribution is 6.15. The van der Waals surface area contributed by atoms with Crippen LogP contribution in [0.5, 0.6) is 0 Å². The van der Waals surface area contributed by atoms with Gasteiger partial charge in [0.15, 0.2) is 11.6 Å². The maximum Gasteiger partial charge on any atom is 0.163 e. The molecule has 1 atom stereocenters. The van der Waals surface area contributed by atoms with Crippen molar-refractivity contribution in [2.45, 2.75) is 12.3 Å². The normalized spacial score (nSPS) is 14.2. The van der Waals surface area contributed by atoms with Crippen molar-refractivity contribution in [2.75, 3.05) is 4.90 Å². The van der Waals surface area contributed by atoms with Gasteiger partial charge in [0, 0.05) is 55.4 Å². The molecule has 4 aromatic heterocycles. The number of nitrogens with zero attached hydrogens (tertiary/aromatic N) is 4. The summed E-state index contributed by atoms with van der Waals surface area (Å²) in [6.07, 6.45) is 9.28. The van der Waals surface area contributed by atoms with Crippen LogP contribution in [-0.4, -0.2) is 15.0 Å². The van der Waals surface area contributed by atoms with Gasteiger partial charge in [0.2, 0.25) is 0 Å². The Kier molecular flexibility index (Phi) is 7.22. The van der Waals surface area contributed by atoms with Crippen LogP contribution in [0.3, 0.4) is 0 Å². The van der Waals surface area contributed by atoms with Gasteiger partial charge < -0.3 is 18.2 Å². The standard InChI is InChI=1S/C51H32N4O3/c1-3-12-31(13-4-1)49-52-50(32-14-5-2-6-15-32)54-51(53-49)33-22-25-38-47(28-33)58-46-21-11-18-41(48(38)46)55(34-23-26-44-39(29-34)36-16-7-9-19-42(36)56-44)35-24-27-45-40(30-35)37-17-8-10-20-43(37)57-45/h1-14,16-30,32H,15H2. The molecule has 1 unspecified atom stereocenters. The highest BCUT2D eigenvalue weighted by Gasteiger charge is 2.23. The van der Waals surface area contributed by atoms with E-state index < -0.39 is 0 Å². The van der Waals surface area contributed by atoms with Crippen LogP contribution in [0.2, 0.25) is 0 Å². The zero-order valence-electron chi connectivity index (χ0n) is 31.0. The van der Waals surface area contributed by atoms with Crippen LogP contribution < -0.4 is 4.90 Å². The van der Waals surface area contributed by atoms with Gasteiger partial charge in [-0.15, -0.1) is 0 Å². The van der Waals surface area contributed by atoms with E-state index in [1.165, 1.54) is 0 Å². The van der Waals surface area contributed by atoms with E-state index in [2.05, 4.69) is 120 Å². The third kappa shape index (κ3) is 5.24. The van der Waals surface area contributed by atoms with Crippen LogP contribution in [0.15, 0.2) is 189 Å². The van der Waals surface area contributed by atoms with Gasteiger partial charge in [-0.25, -0.2) is 15.0 Å². The van der Waals surface area contributed by atoms with Crippen molar-refractivity contribution in [1.82, 2.24) is 15.0 Å². The van der Waals surface area contributed by atoms with Crippen molar-refractivity contribution in [1.29, 1.82) is 0 Å². The van der Waals surface area contributed by atoms with Crippen LogP contribution in [0.4, 0.5) is 17.1 Å². The third-order valence-corrected chi connectivity index (χ3v) is 11.2. The van der Waals surface area contributed by atoms with Crippen LogP contribution in [0.1, 0.15) is 18.2 Å². The number of para-hydroxylation sites is 2. The second kappa shape index (κ2) is 12.9. The predicted octanol–water partition coefficient (Wildman–Crippen LogP) is 14.0. The van der Waals surface area contributed by atoms with Gasteiger partial charge in [-0.3, -0.25) is 0 Å². The fourth-order valence-corrected chi connectivity index (χ4v) is 8.44. The van der Waals surface area contributed by atoms with Gasteiger partial charge in [-0.05, 0) is 79.2 Å². The maximum atomic E-state index is 6.72. The molecule has 0 fully saturated rings. The van der Waals surface area contributed by atoms with Crippen LogP contribution in [0, 0.1) is 0 Å². The summed E-state index contributed by atoms with van der Waals surface area (Å²) in [5.74, 6) is 2.07. The number of allylic oxidation sites excluding steroid dienone is 4. The molecule has 0 aliphatic heterocycles. The summed E-state index contributed by atoms with van der Waals surface area (Å²) in [4.78, 5) is 17.3. The number of hydrogen-bond acceptors (Lipinski definition) is 7. The van der Waals surface area contributed by atoms with Crippen molar-refractivity contribution < 1.29 is 13.3 Å². The van der Waals surface area contributed by atoms with E-state index >= 15 is 0 Å². The quantitative estimate of drug-likeness (QED) is 0.167. The Bertz CT molecular complexity index is 3350. The number of aromatic nitrogens is 3. The first-order chi connectivity index (χ1) is 28.7. The van der Waals surface area contributed by atoms with Gasteiger partial charge in [0.1, 0.15) is 39.3 Å². The number of hydrogen-bond donors (Lipinski definition) is 0. The van der Waals surface area contributed by atoms with E-state index in [1.54, 1.807) is 0 Å². The largest absolute Gasteiger partial charge is 0.456 e. The smallest absolute Gasteiger partial charge is 0.163 e. The third-order valence-electron chi connectivity index (χ3n) is 11.2. The predicted molar refractivity (Wildman–Crippen MR) is 233 cm³/mol. The summed E-state index contributed by atoms with van der Waals surface area (Å²) in [5, 5.41) is 6.23. The second-order valence-electron chi connectivity index (χ2n) is 14.7. The molecular weight excluding hydrogens is 717 g/mol. The molecule has 11 aromatic rings. The minimum absolute atomic E-state index is 0.0659. The van der Waals surface area contributed by atoms with E-state index in [0.717, 1.165) is 106 Å². The van der Waals surface area contributed by atoms with Crippen molar-refractivity contribution >= 4 is 82.9 Å². The summed E-state index contributed by atoms with van der Waals surface area (Å²) < 4.78 is 19.3. The molecule has 0 radical (unpaired) electrons. The number of anilines is 3. The van der Waals surface area contributed by atoms with Gasteiger partial charge in [0.25, 0.3) is 0 Å². The fourth-order valence-electron chi connectivity index (χ4n) is 8.44. The lowest BCUT2D eigenvalue weighted by Gasteiger charge is -2.26. The van der Waals surface area contributed by atoms with Crippen molar-refractivity contribution in [3.8, 4) is 22.8 Å². The van der Waals surface area contributed by atoms with E-state index in [-0.39, 0.29) is 5.92 Å². The number of furan rings is 3. The first-order valence-corrected chi connectivity index (χ1v) is 19.4. The van der Waals surface area contributed by atoms with Crippen LogP contribution in [-0.2, 0) is 0 Å². The number of benzene rings is 7. The molecule has 1 aliphatic carbocycles. The molecule has 58 heavy (non-hydrogen) atoms. The fraction of sp³-hybridized carbons (Fsp3) is 0.0392. The number of rotatable bonds is 6. The molecule has 0 N–H and O–H groups in total. The summed E-state index contributed by atoms with van der Waals surface area (Å²) in [5.41, 5.74) is 9.69. The van der Waals surface area contributed by atoms with E-state index in [9.17, 15) is 0 Å². The molecule has 0 saturated heterocycles. The Morgan fingerprint density at radius 2 is 1.07 bits per heavy atom. The highest BCUT2D eigenvalue weighted by atomic mass is 16.3. The summed E-state index contributed by atoms with van der Waals surface area (Å²) in [6, 6.07) is 51.8. The van der Waals surface area contributed by atoms with Crippen molar-refractivity contribution in [3.63, 3.8) is 0 Å². The summed E-state index contributed by atoms with van der Waals surface area (Å²) in [7, 11) is 0. The molecular formula is C51H32N4O3. The van der Waals surface area contributed by atoms with Crippen molar-refractivity contribution in [3.05, 3.63) is 182 Å². The monoisotopic (exact) mass is 748 g/mol. The Morgan fingerprint density at radius 1 is 0.448 bits per heavy atom. The highest BCUT2D eigenvalue weighted by Crippen LogP contribution is 2.46. The molecule has 1 aliphatic rings. The lowest BCUT2D eigenvalue weighted by molar-refractivity contribution is 0.668. The lowest BCUT2D eigenvalue weighted by atomic mass is 10.00. The van der Waals surface area contributed by atoms with Crippen LogP contribution >= 0.6 is 0 Å². The first-order valence-electron chi connectivity index (χ1n) is 19.4. The average molecular weight is 749 g/mol. The zero-order valence-corrected chi connectivity index (χ0v) is 31.0. The van der Waals surface area contributed by atoms with Crippen molar-refractivity contribution in [2.24, 2.45) is 0 Å². The van der Waals surface area contributed by atoms with E-state index in [0.29, 0.717) is 11.6 Å². The van der Waals surface area contributed by atoms with E-state index in [4.69, 9.17) is 28.2 Å². The van der Waals surface area contributed by atoms with E-state index in [1.807, 2.05) is 60.7 Å². The van der Waals surface area contributed by atoms with Gasteiger partial charge >= 0.3 is 0 Å². The zero-order chi connectivity index (χ0) is 38.2. The molecule has 0 bridgehead atoms. The van der Waals surface area contributed by atoms with Gasteiger partial charge in [-0.2, -0.15) is 0 Å². The lowest BCUT2D eigenvalue weighted by Crippen LogP contribution is -2.10. The molecule has 7 heteroatoms. The van der Waals surface area contributed by atoms with Crippen LogP contribution in [0.25, 0.3) is 88.6 Å². The second-order valence-corrected chi connectivity index (χ2v) is 14.7. The molecule has 4 heterocycles. The molecule has 0 spiro atoms. The Morgan fingerprint density at radius 3 is 1.76 bits per heavy atom. The molecule has 0 saturated carbocycles. The SMILES string of the molecule is C1=CCC(c2nc(-c3ccccc3)nc(-c3ccc4c(c3)oc3cccc(N(c5ccc6oc7ccccc7c6c5)c5ccc6oc7ccccc7c6c5)c34)n2)C=C1. The molecule has 7 nitrogen and oxygen atoms in total. The minimum atomic E-state index is 0.0659. The molecule has 12 rings (SSSR count). The summed E-state index contributed by atoms with van der Waals surface area (Å²) in [6.45, 7) is 0. The van der Waals surface area contributed by atoms with Gasteiger partial charge in [-0.1, -0.05) is 103 Å². The van der Waals surface area contributed by atoms with Gasteiger partial charge in [0.05, 0.1) is 11.1 Å². The Balaban J connectivity index is 1.05. The topological polar surface area (TPSA) is 81.3 Å². The minimum Gasteiger partial charge on any atom is -0.456 e. The maximum absolute atomic E-state index is 6.72. The Hall–Kier alpha value is -7.77. The molecule has 7 aromatic carbocycles. The Labute approximate surface area is 331 Å².